The molecule has 4 nitrogen and oxygen atoms in total. The van der Waals surface area contributed by atoms with Crippen molar-refractivity contribution in [3.8, 4) is 0 Å². The second kappa shape index (κ2) is 7.85. The summed E-state index contributed by atoms with van der Waals surface area (Å²) in [6.07, 6.45) is 0.964. The number of nitrogens with zero attached hydrogens (tertiary/aromatic N) is 2. The Bertz CT molecular complexity index is 485. The first kappa shape index (κ1) is 18.5. The minimum Gasteiger partial charge on any atom is -0.338 e. The van der Waals surface area contributed by atoms with Gasteiger partial charge in [-0.2, -0.15) is 13.2 Å². The summed E-state index contributed by atoms with van der Waals surface area (Å²) in [6.45, 7) is 5.05. The smallest absolute Gasteiger partial charge is 0.338 e. The van der Waals surface area contributed by atoms with E-state index in [-0.39, 0.29) is 18.3 Å². The maximum Gasteiger partial charge on any atom is 0.432 e. The van der Waals surface area contributed by atoms with E-state index in [0.717, 1.165) is 51.8 Å². The number of halogens is 4. The molecular weight excluding hydrogens is 329 g/mol. The first-order chi connectivity index (χ1) is 10.5. The molecule has 132 valence electrons. The second-order valence-corrected chi connectivity index (χ2v) is 6.49. The van der Waals surface area contributed by atoms with Gasteiger partial charge in [0.05, 0.1) is 6.20 Å². The Balaban J connectivity index is 0.00000192. The average molecular weight is 353 g/mol. The van der Waals surface area contributed by atoms with Crippen LogP contribution in [0, 0.1) is 5.92 Å². The van der Waals surface area contributed by atoms with Crippen LogP contribution in [0.15, 0.2) is 6.20 Å². The van der Waals surface area contributed by atoms with Crippen LogP contribution in [0.1, 0.15) is 43.1 Å². The van der Waals surface area contributed by atoms with Gasteiger partial charge in [0, 0.05) is 19.0 Å². The molecule has 0 bridgehead atoms. The third-order valence-electron chi connectivity index (χ3n) is 4.71. The third-order valence-corrected chi connectivity index (χ3v) is 4.71. The van der Waals surface area contributed by atoms with Crippen LogP contribution in [0.4, 0.5) is 13.2 Å². The zero-order valence-corrected chi connectivity index (χ0v) is 13.8. The summed E-state index contributed by atoms with van der Waals surface area (Å²) in [4.78, 5) is 8.84. The van der Waals surface area contributed by atoms with Crippen molar-refractivity contribution in [3.63, 3.8) is 0 Å². The van der Waals surface area contributed by atoms with Gasteiger partial charge in [-0.05, 0) is 51.2 Å². The van der Waals surface area contributed by atoms with Crippen molar-refractivity contribution in [3.05, 3.63) is 17.7 Å². The molecule has 8 heteroatoms. The Hall–Kier alpha value is -0.790. The molecular formula is C15H24ClF3N4. The van der Waals surface area contributed by atoms with Gasteiger partial charge in [-0.15, -0.1) is 12.4 Å². The van der Waals surface area contributed by atoms with Crippen molar-refractivity contribution in [2.24, 2.45) is 5.92 Å². The fraction of sp³-hybridized carbons (Fsp3) is 0.800. The molecule has 3 rings (SSSR count). The summed E-state index contributed by atoms with van der Waals surface area (Å²) < 4.78 is 38.0. The van der Waals surface area contributed by atoms with Crippen molar-refractivity contribution in [2.75, 3.05) is 32.7 Å². The van der Waals surface area contributed by atoms with Gasteiger partial charge in [-0.25, -0.2) is 4.98 Å². The molecule has 2 aliphatic heterocycles. The standard InChI is InChI=1S/C15H23F3N4.ClH/c16-15(17,18)13-8-20-14(21-13)12-4-2-6-22(10-12)9-11-3-1-5-19-7-11;/h8,11-12,19H,1-7,9-10H2,(H,20,21);1H. The predicted octanol–water partition coefficient (Wildman–Crippen LogP) is 3.03. The number of alkyl halides is 3. The number of rotatable bonds is 3. The number of hydrogen-bond donors (Lipinski definition) is 2. The summed E-state index contributed by atoms with van der Waals surface area (Å²) in [5, 5.41) is 3.42. The molecule has 3 heterocycles. The van der Waals surface area contributed by atoms with E-state index >= 15 is 0 Å². The Morgan fingerprint density at radius 3 is 2.74 bits per heavy atom. The van der Waals surface area contributed by atoms with Crippen LogP contribution < -0.4 is 5.32 Å². The van der Waals surface area contributed by atoms with Crippen LogP contribution in [0.3, 0.4) is 0 Å². The zero-order chi connectivity index (χ0) is 15.6. The van der Waals surface area contributed by atoms with Crippen LogP contribution in [0.2, 0.25) is 0 Å². The first-order valence-electron chi connectivity index (χ1n) is 8.07. The maximum absolute atomic E-state index is 12.7. The fourth-order valence-electron chi connectivity index (χ4n) is 3.58. The Morgan fingerprint density at radius 1 is 1.26 bits per heavy atom. The summed E-state index contributed by atoms with van der Waals surface area (Å²) in [5.74, 6) is 1.23. The van der Waals surface area contributed by atoms with Crippen LogP contribution >= 0.6 is 12.4 Å². The van der Waals surface area contributed by atoms with Gasteiger partial charge in [-0.1, -0.05) is 0 Å². The van der Waals surface area contributed by atoms with E-state index in [1.807, 2.05) is 0 Å². The van der Waals surface area contributed by atoms with E-state index in [0.29, 0.717) is 11.7 Å². The Labute approximate surface area is 140 Å². The highest BCUT2D eigenvalue weighted by molar-refractivity contribution is 5.85. The largest absolute Gasteiger partial charge is 0.432 e. The monoisotopic (exact) mass is 352 g/mol. The number of likely N-dealkylation sites (tertiary alicyclic amines) is 1. The maximum atomic E-state index is 12.7. The average Bonchev–Trinajstić information content (AvgIpc) is 2.99. The number of H-pyrrole nitrogens is 1. The molecule has 0 aromatic carbocycles. The number of piperidine rings is 2. The molecule has 2 aliphatic rings. The van der Waals surface area contributed by atoms with E-state index in [2.05, 4.69) is 20.2 Å². The van der Waals surface area contributed by atoms with Gasteiger partial charge in [0.15, 0.2) is 0 Å². The minimum atomic E-state index is -4.34. The fourth-order valence-corrected chi connectivity index (χ4v) is 3.58. The molecule has 2 fully saturated rings. The van der Waals surface area contributed by atoms with Crippen molar-refractivity contribution in [1.82, 2.24) is 20.2 Å². The van der Waals surface area contributed by atoms with E-state index in [9.17, 15) is 13.2 Å². The molecule has 2 atom stereocenters. The highest BCUT2D eigenvalue weighted by Crippen LogP contribution is 2.31. The lowest BCUT2D eigenvalue weighted by Gasteiger charge is -2.35. The molecule has 1 aromatic heterocycles. The molecule has 2 saturated heterocycles. The predicted molar refractivity (Wildman–Crippen MR) is 84.8 cm³/mol. The quantitative estimate of drug-likeness (QED) is 0.878. The van der Waals surface area contributed by atoms with E-state index in [4.69, 9.17) is 0 Å². The number of hydrogen-bond acceptors (Lipinski definition) is 3. The molecule has 23 heavy (non-hydrogen) atoms. The third kappa shape index (κ3) is 4.84. The summed E-state index contributed by atoms with van der Waals surface area (Å²) >= 11 is 0. The number of imidazole rings is 1. The van der Waals surface area contributed by atoms with E-state index < -0.39 is 11.9 Å². The molecule has 0 spiro atoms. The van der Waals surface area contributed by atoms with Crippen LogP contribution in [0.25, 0.3) is 0 Å². The van der Waals surface area contributed by atoms with Crippen molar-refractivity contribution in [1.29, 1.82) is 0 Å². The SMILES string of the molecule is Cl.FC(F)(F)c1cnc(C2CCCN(CC3CCCNC3)C2)[nH]1. The topological polar surface area (TPSA) is 44.0 Å². The molecule has 1 aromatic rings. The summed E-state index contributed by atoms with van der Waals surface area (Å²) in [5.41, 5.74) is -0.740. The van der Waals surface area contributed by atoms with Crippen LogP contribution in [0.5, 0.6) is 0 Å². The van der Waals surface area contributed by atoms with Gasteiger partial charge in [0.1, 0.15) is 11.5 Å². The van der Waals surface area contributed by atoms with Gasteiger partial charge < -0.3 is 15.2 Å². The van der Waals surface area contributed by atoms with Gasteiger partial charge >= 0.3 is 6.18 Å². The minimum absolute atomic E-state index is 0. The van der Waals surface area contributed by atoms with Crippen molar-refractivity contribution in [2.45, 2.75) is 37.8 Å². The van der Waals surface area contributed by atoms with Gasteiger partial charge in [0.2, 0.25) is 0 Å². The van der Waals surface area contributed by atoms with Crippen LogP contribution in [-0.2, 0) is 6.18 Å². The highest BCUT2D eigenvalue weighted by atomic mass is 35.5. The van der Waals surface area contributed by atoms with E-state index in [1.54, 1.807) is 0 Å². The Kier molecular flexibility index (Phi) is 6.33. The lowest BCUT2D eigenvalue weighted by Crippen LogP contribution is -2.42. The Morgan fingerprint density at radius 2 is 2.09 bits per heavy atom. The molecule has 0 amide bonds. The molecule has 0 saturated carbocycles. The molecule has 2 unspecified atom stereocenters. The number of aromatic nitrogens is 2. The van der Waals surface area contributed by atoms with Crippen LogP contribution in [-0.4, -0.2) is 47.6 Å². The molecule has 0 radical (unpaired) electrons. The molecule has 2 N–H and O–H groups in total. The normalized spacial score (nSPS) is 26.7. The lowest BCUT2D eigenvalue weighted by atomic mass is 9.94. The number of aromatic amines is 1. The lowest BCUT2D eigenvalue weighted by molar-refractivity contribution is -0.141. The first-order valence-corrected chi connectivity index (χ1v) is 8.07. The highest BCUT2D eigenvalue weighted by Gasteiger charge is 2.34. The van der Waals surface area contributed by atoms with Gasteiger partial charge in [-0.3, -0.25) is 0 Å². The van der Waals surface area contributed by atoms with E-state index in [1.165, 1.54) is 12.8 Å². The van der Waals surface area contributed by atoms with Gasteiger partial charge in [0.25, 0.3) is 0 Å². The molecule has 0 aliphatic carbocycles. The summed E-state index contributed by atoms with van der Waals surface area (Å²) in [6, 6.07) is 0. The number of nitrogens with one attached hydrogen (secondary N) is 2. The van der Waals surface area contributed by atoms with Crippen molar-refractivity contribution < 1.29 is 13.2 Å². The van der Waals surface area contributed by atoms with Crippen molar-refractivity contribution >= 4 is 12.4 Å². The summed E-state index contributed by atoms with van der Waals surface area (Å²) in [7, 11) is 0. The second-order valence-electron chi connectivity index (χ2n) is 6.49. The zero-order valence-electron chi connectivity index (χ0n) is 13.0.